The molecule has 0 unspecified atom stereocenters. The highest BCUT2D eigenvalue weighted by Gasteiger charge is 2.15. The lowest BCUT2D eigenvalue weighted by atomic mass is 10.1. The molecule has 1 heterocycles. The molecule has 132 valence electrons. The zero-order valence-electron chi connectivity index (χ0n) is 14.4. The van der Waals surface area contributed by atoms with E-state index in [0.29, 0.717) is 19.8 Å². The molecule has 0 spiro atoms. The number of hydrogen-bond acceptors (Lipinski definition) is 4. The van der Waals surface area contributed by atoms with Gasteiger partial charge in [0.25, 0.3) is 0 Å². The molecule has 1 aliphatic heterocycles. The van der Waals surface area contributed by atoms with E-state index in [2.05, 4.69) is 10.6 Å². The monoisotopic (exact) mass is 342 g/mol. The molecule has 0 saturated heterocycles. The summed E-state index contributed by atoms with van der Waals surface area (Å²) in [6.07, 6.45) is 0. The molecule has 3 rings (SSSR count). The number of ether oxygens (including phenoxy) is 3. The van der Waals surface area contributed by atoms with Crippen LogP contribution in [-0.2, 0) is 6.54 Å². The number of methoxy groups -OCH3 is 1. The van der Waals surface area contributed by atoms with Gasteiger partial charge in [-0.1, -0.05) is 18.2 Å². The van der Waals surface area contributed by atoms with Crippen LogP contribution in [0.15, 0.2) is 42.5 Å². The van der Waals surface area contributed by atoms with Crippen LogP contribution in [0.5, 0.6) is 17.2 Å². The number of hydrogen-bond donors (Lipinski definition) is 2. The quantitative estimate of drug-likeness (QED) is 0.876. The summed E-state index contributed by atoms with van der Waals surface area (Å²) in [4.78, 5) is 12.1. The van der Waals surface area contributed by atoms with Crippen molar-refractivity contribution in [3.8, 4) is 17.2 Å². The predicted molar refractivity (Wildman–Crippen MR) is 94.2 cm³/mol. The molecule has 0 bridgehead atoms. The first-order valence-corrected chi connectivity index (χ1v) is 8.22. The number of urea groups is 1. The topological polar surface area (TPSA) is 68.8 Å². The lowest BCUT2D eigenvalue weighted by molar-refractivity contribution is 0.171. The Balaban J connectivity index is 1.53. The Morgan fingerprint density at radius 1 is 1.12 bits per heavy atom. The molecule has 0 aromatic heterocycles. The summed E-state index contributed by atoms with van der Waals surface area (Å²) >= 11 is 0. The first-order chi connectivity index (χ1) is 12.2. The summed E-state index contributed by atoms with van der Waals surface area (Å²) < 4.78 is 16.2. The maximum absolute atomic E-state index is 12.1. The molecular weight excluding hydrogens is 320 g/mol. The lowest BCUT2D eigenvalue weighted by Gasteiger charge is -2.21. The van der Waals surface area contributed by atoms with Crippen molar-refractivity contribution in [2.24, 2.45) is 0 Å². The highest BCUT2D eigenvalue weighted by atomic mass is 16.6. The second kappa shape index (κ2) is 7.79. The Labute approximate surface area is 147 Å². The van der Waals surface area contributed by atoms with Crippen LogP contribution < -0.4 is 24.8 Å². The van der Waals surface area contributed by atoms with Crippen molar-refractivity contribution < 1.29 is 19.0 Å². The van der Waals surface area contributed by atoms with E-state index in [0.717, 1.165) is 28.4 Å². The molecule has 1 aliphatic rings. The second-order valence-corrected chi connectivity index (χ2v) is 5.80. The van der Waals surface area contributed by atoms with Gasteiger partial charge < -0.3 is 24.8 Å². The zero-order chi connectivity index (χ0) is 17.6. The van der Waals surface area contributed by atoms with Gasteiger partial charge in [0, 0.05) is 6.54 Å². The smallest absolute Gasteiger partial charge is 0.315 e. The third-order valence-corrected chi connectivity index (χ3v) is 4.03. The van der Waals surface area contributed by atoms with E-state index in [9.17, 15) is 4.79 Å². The lowest BCUT2D eigenvalue weighted by Crippen LogP contribution is -2.36. The fourth-order valence-electron chi connectivity index (χ4n) is 2.59. The third kappa shape index (κ3) is 4.35. The Morgan fingerprint density at radius 3 is 2.56 bits per heavy atom. The van der Waals surface area contributed by atoms with Crippen molar-refractivity contribution in [2.45, 2.75) is 19.5 Å². The molecular formula is C19H22N2O4. The van der Waals surface area contributed by atoms with Crippen molar-refractivity contribution in [2.75, 3.05) is 20.3 Å². The fraction of sp³-hybridized carbons (Fsp3) is 0.316. The minimum Gasteiger partial charge on any atom is -0.497 e. The molecule has 2 aromatic carbocycles. The van der Waals surface area contributed by atoms with Gasteiger partial charge in [0.1, 0.15) is 19.0 Å². The largest absolute Gasteiger partial charge is 0.497 e. The van der Waals surface area contributed by atoms with Crippen molar-refractivity contribution in [1.82, 2.24) is 10.6 Å². The van der Waals surface area contributed by atoms with Gasteiger partial charge in [-0.15, -0.1) is 0 Å². The predicted octanol–water partition coefficient (Wildman–Crippen LogP) is 3.03. The minimum absolute atomic E-state index is 0.147. The van der Waals surface area contributed by atoms with Crippen molar-refractivity contribution in [3.63, 3.8) is 0 Å². The minimum atomic E-state index is -0.224. The van der Waals surface area contributed by atoms with E-state index < -0.39 is 0 Å². The molecule has 2 aromatic rings. The van der Waals surface area contributed by atoms with Crippen LogP contribution in [-0.4, -0.2) is 26.4 Å². The Kier molecular flexibility index (Phi) is 5.28. The molecule has 0 fully saturated rings. The van der Waals surface area contributed by atoms with Crippen molar-refractivity contribution >= 4 is 6.03 Å². The van der Waals surface area contributed by atoms with Crippen LogP contribution in [0.3, 0.4) is 0 Å². The second-order valence-electron chi connectivity index (χ2n) is 5.80. The summed E-state index contributed by atoms with van der Waals surface area (Å²) in [5.74, 6) is 2.25. The summed E-state index contributed by atoms with van der Waals surface area (Å²) in [5.41, 5.74) is 1.96. The van der Waals surface area contributed by atoms with E-state index in [1.807, 2.05) is 49.4 Å². The third-order valence-electron chi connectivity index (χ3n) is 4.03. The van der Waals surface area contributed by atoms with Gasteiger partial charge in [-0.05, 0) is 42.3 Å². The van der Waals surface area contributed by atoms with E-state index >= 15 is 0 Å². The number of amides is 2. The van der Waals surface area contributed by atoms with Crippen LogP contribution in [0.2, 0.25) is 0 Å². The number of fused-ring (bicyclic) bond motifs is 1. The van der Waals surface area contributed by atoms with Crippen LogP contribution in [0.25, 0.3) is 0 Å². The van der Waals surface area contributed by atoms with Gasteiger partial charge in [0.2, 0.25) is 0 Å². The number of nitrogens with one attached hydrogen (secondary N) is 2. The van der Waals surface area contributed by atoms with E-state index in [1.54, 1.807) is 7.11 Å². The average Bonchev–Trinajstić information content (AvgIpc) is 2.66. The summed E-state index contributed by atoms with van der Waals surface area (Å²) in [5, 5.41) is 5.78. The molecule has 0 saturated carbocycles. The van der Waals surface area contributed by atoms with Gasteiger partial charge in [-0.2, -0.15) is 0 Å². The van der Waals surface area contributed by atoms with E-state index in [4.69, 9.17) is 14.2 Å². The van der Waals surface area contributed by atoms with Crippen LogP contribution in [0.1, 0.15) is 24.1 Å². The summed E-state index contributed by atoms with van der Waals surface area (Å²) in [6, 6.07) is 12.9. The number of rotatable bonds is 5. The van der Waals surface area contributed by atoms with Crippen LogP contribution in [0, 0.1) is 0 Å². The van der Waals surface area contributed by atoms with Gasteiger partial charge in [0.05, 0.1) is 13.2 Å². The summed E-state index contributed by atoms with van der Waals surface area (Å²) in [6.45, 7) is 3.48. The Bertz CT molecular complexity index is 731. The maximum atomic E-state index is 12.1. The average molecular weight is 342 g/mol. The van der Waals surface area contributed by atoms with E-state index in [-0.39, 0.29) is 12.1 Å². The zero-order valence-corrected chi connectivity index (χ0v) is 14.4. The van der Waals surface area contributed by atoms with Gasteiger partial charge in [0.15, 0.2) is 11.5 Å². The molecule has 2 amide bonds. The number of benzene rings is 2. The van der Waals surface area contributed by atoms with Crippen LogP contribution in [0.4, 0.5) is 4.79 Å². The normalized spacial score (nSPS) is 13.7. The van der Waals surface area contributed by atoms with Crippen molar-refractivity contribution in [3.05, 3.63) is 53.6 Å². The highest BCUT2D eigenvalue weighted by Crippen LogP contribution is 2.32. The molecule has 6 heteroatoms. The molecule has 6 nitrogen and oxygen atoms in total. The summed E-state index contributed by atoms with van der Waals surface area (Å²) in [7, 11) is 1.62. The molecule has 0 radical (unpaired) electrons. The van der Waals surface area contributed by atoms with Crippen molar-refractivity contribution in [1.29, 1.82) is 0 Å². The Hall–Kier alpha value is -2.89. The van der Waals surface area contributed by atoms with Gasteiger partial charge in [-0.3, -0.25) is 0 Å². The fourth-order valence-corrected chi connectivity index (χ4v) is 2.59. The Morgan fingerprint density at radius 2 is 1.84 bits per heavy atom. The maximum Gasteiger partial charge on any atom is 0.315 e. The first kappa shape index (κ1) is 17.0. The molecule has 1 atom stereocenters. The molecule has 2 N–H and O–H groups in total. The number of carbonyl (C=O) groups is 1. The standard InChI is InChI=1S/C19H22N2O4/c1-13(15-5-8-17-18(11-15)25-10-9-24-17)21-19(22)20-12-14-3-6-16(23-2)7-4-14/h3-8,11,13H,9-10,12H2,1-2H3,(H2,20,21,22)/t13-/m1/s1. The SMILES string of the molecule is COc1ccc(CNC(=O)N[C@H](C)c2ccc3c(c2)OCCO3)cc1. The van der Waals surface area contributed by atoms with Gasteiger partial charge in [-0.25, -0.2) is 4.79 Å². The molecule has 25 heavy (non-hydrogen) atoms. The number of carbonyl (C=O) groups excluding carboxylic acids is 1. The van der Waals surface area contributed by atoms with Gasteiger partial charge >= 0.3 is 6.03 Å². The first-order valence-electron chi connectivity index (χ1n) is 8.22. The molecule has 0 aliphatic carbocycles. The van der Waals surface area contributed by atoms with Crippen LogP contribution >= 0.6 is 0 Å². The van der Waals surface area contributed by atoms with E-state index in [1.165, 1.54) is 0 Å². The highest BCUT2D eigenvalue weighted by molar-refractivity contribution is 5.74.